The van der Waals surface area contributed by atoms with Crippen LogP contribution in [0.15, 0.2) is 18.2 Å². The van der Waals surface area contributed by atoms with Gasteiger partial charge in [0.15, 0.2) is 0 Å². The average molecular weight is 290 g/mol. The minimum atomic E-state index is 0.287. The zero-order valence-corrected chi connectivity index (χ0v) is 13.9. The molecule has 0 aliphatic heterocycles. The molecule has 0 radical (unpaired) electrons. The van der Waals surface area contributed by atoms with Crippen LogP contribution in [0.4, 0.5) is 0 Å². The lowest BCUT2D eigenvalue weighted by Crippen LogP contribution is -2.43. The van der Waals surface area contributed by atoms with Crippen molar-refractivity contribution in [2.45, 2.75) is 45.7 Å². The first-order valence-electron chi connectivity index (χ1n) is 8.10. The van der Waals surface area contributed by atoms with Gasteiger partial charge in [0.25, 0.3) is 0 Å². The lowest BCUT2D eigenvalue weighted by atomic mass is 9.98. The maximum Gasteiger partial charge on any atom is 0.0590 e. The van der Waals surface area contributed by atoms with Gasteiger partial charge in [-0.15, -0.1) is 0 Å². The lowest BCUT2D eigenvalue weighted by Gasteiger charge is -2.36. The summed E-state index contributed by atoms with van der Waals surface area (Å²) in [6.07, 6.45) is 2.71. The lowest BCUT2D eigenvalue weighted by molar-refractivity contribution is 0.0834. The summed E-state index contributed by atoms with van der Waals surface area (Å²) in [7, 11) is 1.77. The van der Waals surface area contributed by atoms with Crippen LogP contribution in [0.3, 0.4) is 0 Å². The van der Waals surface area contributed by atoms with Crippen LogP contribution in [0.5, 0.6) is 0 Å². The summed E-state index contributed by atoms with van der Waals surface area (Å²) >= 11 is 0. The van der Waals surface area contributed by atoms with E-state index in [9.17, 15) is 0 Å². The first-order chi connectivity index (χ1) is 10.1. The molecule has 0 aromatic heterocycles. The smallest absolute Gasteiger partial charge is 0.0590 e. The number of rotatable bonds is 8. The third kappa shape index (κ3) is 4.06. The van der Waals surface area contributed by atoms with E-state index in [1.165, 1.54) is 29.5 Å². The maximum absolute atomic E-state index is 6.14. The van der Waals surface area contributed by atoms with Crippen molar-refractivity contribution in [2.24, 2.45) is 11.7 Å². The van der Waals surface area contributed by atoms with Gasteiger partial charge in [0.2, 0.25) is 0 Å². The minimum absolute atomic E-state index is 0.287. The molecule has 1 fully saturated rings. The highest BCUT2D eigenvalue weighted by atomic mass is 16.5. The summed E-state index contributed by atoms with van der Waals surface area (Å²) < 4.78 is 5.31. The first-order valence-corrected chi connectivity index (χ1v) is 8.10. The highest BCUT2D eigenvalue weighted by molar-refractivity contribution is 5.32. The van der Waals surface area contributed by atoms with Gasteiger partial charge < -0.3 is 10.5 Å². The molecule has 118 valence electrons. The molecule has 0 amide bonds. The summed E-state index contributed by atoms with van der Waals surface area (Å²) in [6.45, 7) is 9.05. The Bertz CT molecular complexity index is 457. The maximum atomic E-state index is 6.14. The van der Waals surface area contributed by atoms with Crippen molar-refractivity contribution in [3.63, 3.8) is 0 Å². The second kappa shape index (κ2) is 7.39. The molecule has 1 aromatic rings. The van der Waals surface area contributed by atoms with Gasteiger partial charge in [0.1, 0.15) is 0 Å². The Kier molecular flexibility index (Phi) is 5.80. The van der Waals surface area contributed by atoms with Crippen molar-refractivity contribution < 1.29 is 4.74 Å². The highest BCUT2D eigenvalue weighted by Gasteiger charge is 2.35. The molecule has 1 saturated carbocycles. The van der Waals surface area contributed by atoms with E-state index >= 15 is 0 Å². The average Bonchev–Trinajstić information content (AvgIpc) is 3.30. The minimum Gasteiger partial charge on any atom is -0.383 e. The van der Waals surface area contributed by atoms with Crippen LogP contribution in [0.1, 0.15) is 42.5 Å². The van der Waals surface area contributed by atoms with Crippen molar-refractivity contribution in [3.05, 3.63) is 34.9 Å². The summed E-state index contributed by atoms with van der Waals surface area (Å²) in [5, 5.41) is 0. The zero-order valence-electron chi connectivity index (χ0n) is 13.9. The van der Waals surface area contributed by atoms with Gasteiger partial charge in [-0.05, 0) is 56.2 Å². The topological polar surface area (TPSA) is 38.5 Å². The first kappa shape index (κ1) is 16.5. The van der Waals surface area contributed by atoms with Crippen LogP contribution in [0.2, 0.25) is 0 Å². The van der Waals surface area contributed by atoms with Crippen molar-refractivity contribution in [1.29, 1.82) is 0 Å². The van der Waals surface area contributed by atoms with Crippen LogP contribution in [0, 0.1) is 19.8 Å². The Morgan fingerprint density at radius 3 is 2.52 bits per heavy atom. The van der Waals surface area contributed by atoms with E-state index in [4.69, 9.17) is 10.5 Å². The SMILES string of the molecule is COCCN(C(CN)c1ccc(C)c(C)c1)C(C)C1CC1. The molecule has 2 N–H and O–H groups in total. The number of nitrogens with zero attached hydrogens (tertiary/aromatic N) is 1. The van der Waals surface area contributed by atoms with E-state index in [-0.39, 0.29) is 6.04 Å². The summed E-state index contributed by atoms with van der Waals surface area (Å²) in [5.74, 6) is 0.836. The molecule has 1 aromatic carbocycles. The molecule has 21 heavy (non-hydrogen) atoms. The van der Waals surface area contributed by atoms with E-state index < -0.39 is 0 Å². The fraction of sp³-hybridized carbons (Fsp3) is 0.667. The predicted molar refractivity (Wildman–Crippen MR) is 88.5 cm³/mol. The van der Waals surface area contributed by atoms with Crippen molar-refractivity contribution in [1.82, 2.24) is 4.90 Å². The molecule has 3 nitrogen and oxygen atoms in total. The van der Waals surface area contributed by atoms with Gasteiger partial charge in [-0.3, -0.25) is 4.90 Å². The Morgan fingerprint density at radius 1 is 1.29 bits per heavy atom. The predicted octanol–water partition coefficient (Wildman–Crippen LogP) is 3.05. The number of benzene rings is 1. The molecule has 2 rings (SSSR count). The van der Waals surface area contributed by atoms with Crippen LogP contribution >= 0.6 is 0 Å². The molecule has 2 atom stereocenters. The number of ether oxygens (including phenoxy) is 1. The normalized spacial score (nSPS) is 18.0. The molecule has 3 heteroatoms. The van der Waals surface area contributed by atoms with E-state index in [1.807, 2.05) is 0 Å². The monoisotopic (exact) mass is 290 g/mol. The largest absolute Gasteiger partial charge is 0.383 e. The molecule has 2 unspecified atom stereocenters. The fourth-order valence-electron chi connectivity index (χ4n) is 3.12. The zero-order chi connectivity index (χ0) is 15.4. The molecule has 0 spiro atoms. The standard InChI is InChI=1S/C18H30N2O/c1-13-5-6-17(11-14(13)2)18(12-19)20(9-10-21-4)15(3)16-7-8-16/h5-6,11,15-16,18H,7-10,12,19H2,1-4H3. The Balaban J connectivity index is 2.22. The molecule has 1 aliphatic rings. The number of nitrogens with two attached hydrogens (primary N) is 1. The number of hydrogen-bond acceptors (Lipinski definition) is 3. The van der Waals surface area contributed by atoms with Gasteiger partial charge in [0, 0.05) is 32.3 Å². The van der Waals surface area contributed by atoms with Crippen LogP contribution in [-0.2, 0) is 4.74 Å². The Labute approximate surface area is 129 Å². The highest BCUT2D eigenvalue weighted by Crippen LogP contribution is 2.38. The quantitative estimate of drug-likeness (QED) is 0.800. The van der Waals surface area contributed by atoms with E-state index in [2.05, 4.69) is 43.9 Å². The van der Waals surface area contributed by atoms with Gasteiger partial charge in [-0.2, -0.15) is 0 Å². The van der Waals surface area contributed by atoms with Gasteiger partial charge in [-0.25, -0.2) is 0 Å². The van der Waals surface area contributed by atoms with E-state index in [0.29, 0.717) is 12.6 Å². The number of hydrogen-bond donors (Lipinski definition) is 1. The molecule has 0 heterocycles. The Hall–Kier alpha value is -0.900. The van der Waals surface area contributed by atoms with Gasteiger partial charge in [-0.1, -0.05) is 18.2 Å². The third-order valence-electron chi connectivity index (χ3n) is 4.92. The summed E-state index contributed by atoms with van der Waals surface area (Å²) in [6, 6.07) is 7.61. The molecule has 0 bridgehead atoms. The third-order valence-corrected chi connectivity index (χ3v) is 4.92. The van der Waals surface area contributed by atoms with E-state index in [1.54, 1.807) is 7.11 Å². The van der Waals surface area contributed by atoms with Crippen LogP contribution in [-0.4, -0.2) is 37.7 Å². The summed E-state index contributed by atoms with van der Waals surface area (Å²) in [5.41, 5.74) is 10.2. The summed E-state index contributed by atoms with van der Waals surface area (Å²) in [4.78, 5) is 2.55. The second-order valence-electron chi connectivity index (χ2n) is 6.40. The fourth-order valence-corrected chi connectivity index (χ4v) is 3.12. The molecule has 0 saturated heterocycles. The van der Waals surface area contributed by atoms with Crippen molar-refractivity contribution in [3.8, 4) is 0 Å². The molecular weight excluding hydrogens is 260 g/mol. The Morgan fingerprint density at radius 2 is 2.00 bits per heavy atom. The molecule has 1 aliphatic carbocycles. The van der Waals surface area contributed by atoms with Crippen molar-refractivity contribution >= 4 is 0 Å². The molecular formula is C18H30N2O. The van der Waals surface area contributed by atoms with Gasteiger partial charge in [0.05, 0.1) is 6.61 Å². The van der Waals surface area contributed by atoms with Crippen LogP contribution < -0.4 is 5.73 Å². The van der Waals surface area contributed by atoms with E-state index in [0.717, 1.165) is 19.1 Å². The van der Waals surface area contributed by atoms with Gasteiger partial charge >= 0.3 is 0 Å². The van der Waals surface area contributed by atoms with Crippen LogP contribution in [0.25, 0.3) is 0 Å². The second-order valence-corrected chi connectivity index (χ2v) is 6.40. The number of aryl methyl sites for hydroxylation is 2. The van der Waals surface area contributed by atoms with Crippen molar-refractivity contribution in [2.75, 3.05) is 26.8 Å². The number of methoxy groups -OCH3 is 1.